The highest BCUT2D eigenvalue weighted by molar-refractivity contribution is 5.89. The fourth-order valence-corrected chi connectivity index (χ4v) is 1.85. The monoisotopic (exact) mass is 136 g/mol. The van der Waals surface area contributed by atoms with Gasteiger partial charge in [0.15, 0.2) is 5.78 Å². The van der Waals surface area contributed by atoms with E-state index in [4.69, 9.17) is 0 Å². The Hall–Kier alpha value is -0.590. The lowest BCUT2D eigenvalue weighted by molar-refractivity contribution is -0.114. The normalized spacial score (nSPS) is 38.2. The van der Waals surface area contributed by atoms with Gasteiger partial charge in [0, 0.05) is 6.42 Å². The van der Waals surface area contributed by atoms with E-state index in [1.165, 1.54) is 12.8 Å². The highest BCUT2D eigenvalue weighted by Crippen LogP contribution is 2.39. The summed E-state index contributed by atoms with van der Waals surface area (Å²) in [7, 11) is 0. The minimum Gasteiger partial charge on any atom is -0.295 e. The van der Waals surface area contributed by atoms with Gasteiger partial charge < -0.3 is 0 Å². The van der Waals surface area contributed by atoms with E-state index in [0.29, 0.717) is 5.78 Å². The van der Waals surface area contributed by atoms with Crippen molar-refractivity contribution in [2.24, 2.45) is 11.8 Å². The van der Waals surface area contributed by atoms with Gasteiger partial charge in [-0.2, -0.15) is 0 Å². The van der Waals surface area contributed by atoms with Gasteiger partial charge >= 0.3 is 0 Å². The summed E-state index contributed by atoms with van der Waals surface area (Å²) in [6.07, 6.45) is 8.48. The van der Waals surface area contributed by atoms with Crippen molar-refractivity contribution in [2.75, 3.05) is 0 Å². The van der Waals surface area contributed by atoms with E-state index in [1.807, 2.05) is 0 Å². The Morgan fingerprint density at radius 1 is 1.30 bits per heavy atom. The first-order valence-corrected chi connectivity index (χ1v) is 4.07. The first-order chi connectivity index (χ1) is 4.86. The molecule has 10 heavy (non-hydrogen) atoms. The fraction of sp³-hybridized carbons (Fsp3) is 0.667. The third kappa shape index (κ3) is 0.898. The van der Waals surface area contributed by atoms with Gasteiger partial charge in [0.2, 0.25) is 0 Å². The standard InChI is InChI=1S/C9H12O/c10-9-5-3-7-1-2-8(7)4-6-9/h3,5,7-8H,1-2,4,6H2/t7-,8?/m0/s1. The van der Waals surface area contributed by atoms with Crippen LogP contribution in [0.5, 0.6) is 0 Å². The zero-order valence-electron chi connectivity index (χ0n) is 6.05. The average molecular weight is 136 g/mol. The number of carbonyl (C=O) groups excluding carboxylic acids is 1. The Kier molecular flexibility index (Phi) is 1.37. The minimum absolute atomic E-state index is 0.328. The summed E-state index contributed by atoms with van der Waals surface area (Å²) in [4.78, 5) is 10.9. The molecule has 1 saturated carbocycles. The highest BCUT2D eigenvalue weighted by Gasteiger charge is 2.30. The molecule has 54 valence electrons. The molecular weight excluding hydrogens is 124 g/mol. The van der Waals surface area contributed by atoms with E-state index in [0.717, 1.165) is 24.7 Å². The zero-order valence-corrected chi connectivity index (χ0v) is 6.05. The summed E-state index contributed by atoms with van der Waals surface area (Å²) in [5, 5.41) is 0. The maximum Gasteiger partial charge on any atom is 0.155 e. The van der Waals surface area contributed by atoms with Crippen LogP contribution in [0.15, 0.2) is 12.2 Å². The molecule has 0 saturated heterocycles. The van der Waals surface area contributed by atoms with Gasteiger partial charge in [-0.3, -0.25) is 4.79 Å². The van der Waals surface area contributed by atoms with Crippen LogP contribution in [0.25, 0.3) is 0 Å². The number of fused-ring (bicyclic) bond motifs is 1. The number of carbonyl (C=O) groups is 1. The predicted molar refractivity (Wildman–Crippen MR) is 39.6 cm³/mol. The molecule has 0 N–H and O–H groups in total. The first-order valence-electron chi connectivity index (χ1n) is 4.07. The molecule has 1 nitrogen and oxygen atoms in total. The number of ketones is 1. The molecule has 0 aromatic heterocycles. The third-order valence-corrected chi connectivity index (χ3v) is 2.77. The largest absolute Gasteiger partial charge is 0.295 e. The second-order valence-electron chi connectivity index (χ2n) is 3.37. The summed E-state index contributed by atoms with van der Waals surface area (Å²) < 4.78 is 0. The Balaban J connectivity index is 2.09. The Bertz CT molecular complexity index is 181. The van der Waals surface area contributed by atoms with E-state index >= 15 is 0 Å². The molecule has 0 spiro atoms. The summed E-state index contributed by atoms with van der Waals surface area (Å²) in [5.74, 6) is 1.93. The minimum atomic E-state index is 0.328. The summed E-state index contributed by atoms with van der Waals surface area (Å²) >= 11 is 0. The molecule has 1 heteroatoms. The second-order valence-corrected chi connectivity index (χ2v) is 3.37. The van der Waals surface area contributed by atoms with E-state index in [-0.39, 0.29) is 0 Å². The molecule has 2 rings (SSSR count). The van der Waals surface area contributed by atoms with Crippen LogP contribution in [0.2, 0.25) is 0 Å². The molecule has 1 fully saturated rings. The molecular formula is C9H12O. The number of hydrogen-bond donors (Lipinski definition) is 0. The topological polar surface area (TPSA) is 17.1 Å². The predicted octanol–water partition coefficient (Wildman–Crippen LogP) is 1.93. The van der Waals surface area contributed by atoms with Crippen LogP contribution in [0.4, 0.5) is 0 Å². The van der Waals surface area contributed by atoms with Crippen LogP contribution in [0.1, 0.15) is 25.7 Å². The van der Waals surface area contributed by atoms with Crippen molar-refractivity contribution in [3.63, 3.8) is 0 Å². The SMILES string of the molecule is O=C1C=C[C@@H]2CCC2CC1. The molecule has 0 amide bonds. The van der Waals surface area contributed by atoms with Gasteiger partial charge in [0.1, 0.15) is 0 Å². The lowest BCUT2D eigenvalue weighted by Gasteiger charge is -2.33. The fourth-order valence-electron chi connectivity index (χ4n) is 1.85. The Morgan fingerprint density at radius 2 is 2.20 bits per heavy atom. The van der Waals surface area contributed by atoms with Gasteiger partial charge in [0.05, 0.1) is 0 Å². The van der Waals surface area contributed by atoms with Crippen LogP contribution in [0, 0.1) is 11.8 Å². The van der Waals surface area contributed by atoms with Crippen LogP contribution >= 0.6 is 0 Å². The molecule has 2 atom stereocenters. The van der Waals surface area contributed by atoms with Gasteiger partial charge in [-0.15, -0.1) is 0 Å². The molecule has 0 aromatic carbocycles. The zero-order chi connectivity index (χ0) is 6.97. The maximum atomic E-state index is 10.9. The van der Waals surface area contributed by atoms with Crippen LogP contribution in [-0.4, -0.2) is 5.78 Å². The van der Waals surface area contributed by atoms with Crippen molar-refractivity contribution in [1.82, 2.24) is 0 Å². The maximum absolute atomic E-state index is 10.9. The molecule has 0 aromatic rings. The number of rotatable bonds is 0. The Labute approximate surface area is 61.1 Å². The molecule has 1 unspecified atom stereocenters. The molecule has 2 aliphatic rings. The molecule has 0 radical (unpaired) electrons. The highest BCUT2D eigenvalue weighted by atomic mass is 16.1. The van der Waals surface area contributed by atoms with Crippen molar-refractivity contribution < 1.29 is 4.79 Å². The van der Waals surface area contributed by atoms with E-state index in [9.17, 15) is 4.79 Å². The van der Waals surface area contributed by atoms with Crippen molar-refractivity contribution in [3.8, 4) is 0 Å². The smallest absolute Gasteiger partial charge is 0.155 e. The van der Waals surface area contributed by atoms with E-state index < -0.39 is 0 Å². The first kappa shape index (κ1) is 6.14. The lowest BCUT2D eigenvalue weighted by atomic mass is 9.72. The third-order valence-electron chi connectivity index (χ3n) is 2.77. The average Bonchev–Trinajstić information content (AvgIpc) is 1.94. The molecule has 0 heterocycles. The van der Waals surface area contributed by atoms with Gasteiger partial charge in [-0.1, -0.05) is 6.08 Å². The molecule has 0 aliphatic heterocycles. The second kappa shape index (κ2) is 2.22. The number of hydrogen-bond acceptors (Lipinski definition) is 1. The Morgan fingerprint density at radius 3 is 2.90 bits per heavy atom. The van der Waals surface area contributed by atoms with Crippen molar-refractivity contribution in [2.45, 2.75) is 25.7 Å². The van der Waals surface area contributed by atoms with E-state index in [2.05, 4.69) is 6.08 Å². The molecule has 2 aliphatic carbocycles. The van der Waals surface area contributed by atoms with Crippen LogP contribution in [0.3, 0.4) is 0 Å². The summed E-state index contributed by atoms with van der Waals surface area (Å²) in [6, 6.07) is 0. The van der Waals surface area contributed by atoms with Gasteiger partial charge in [0.25, 0.3) is 0 Å². The van der Waals surface area contributed by atoms with Gasteiger partial charge in [-0.05, 0) is 37.2 Å². The van der Waals surface area contributed by atoms with Crippen LogP contribution in [-0.2, 0) is 4.79 Å². The van der Waals surface area contributed by atoms with Crippen molar-refractivity contribution >= 4 is 5.78 Å². The molecule has 0 bridgehead atoms. The summed E-state index contributed by atoms with van der Waals surface area (Å²) in [6.45, 7) is 0. The number of allylic oxidation sites excluding steroid dienone is 2. The summed E-state index contributed by atoms with van der Waals surface area (Å²) in [5.41, 5.74) is 0. The van der Waals surface area contributed by atoms with Gasteiger partial charge in [-0.25, -0.2) is 0 Å². The van der Waals surface area contributed by atoms with Crippen LogP contribution < -0.4 is 0 Å². The van der Waals surface area contributed by atoms with Crippen molar-refractivity contribution in [1.29, 1.82) is 0 Å². The lowest BCUT2D eigenvalue weighted by Crippen LogP contribution is -2.22. The quantitative estimate of drug-likeness (QED) is 0.497. The van der Waals surface area contributed by atoms with E-state index in [1.54, 1.807) is 6.08 Å². The van der Waals surface area contributed by atoms with Crippen molar-refractivity contribution in [3.05, 3.63) is 12.2 Å².